The van der Waals surface area contributed by atoms with Crippen molar-refractivity contribution in [3.05, 3.63) is 30.3 Å². The molecule has 1 unspecified atom stereocenters. The number of hydrogen-bond donors (Lipinski definition) is 0. The summed E-state index contributed by atoms with van der Waals surface area (Å²) in [4.78, 5) is 0. The van der Waals surface area contributed by atoms with Crippen LogP contribution in [-0.4, -0.2) is 60.4 Å². The lowest BCUT2D eigenvalue weighted by Gasteiger charge is -2.41. The van der Waals surface area contributed by atoms with E-state index in [9.17, 15) is 0 Å². The van der Waals surface area contributed by atoms with E-state index in [0.717, 1.165) is 5.19 Å². The van der Waals surface area contributed by atoms with Crippen LogP contribution in [0.2, 0.25) is 58.9 Å². The molecule has 159 valence electrons. The van der Waals surface area contributed by atoms with E-state index in [1.807, 2.05) is 36.9 Å². The Morgan fingerprint density at radius 1 is 0.750 bits per heavy atom. The molecule has 28 heavy (non-hydrogen) atoms. The second-order valence-electron chi connectivity index (χ2n) is 8.22. The van der Waals surface area contributed by atoms with Gasteiger partial charge in [0.15, 0.2) is 9.04 Å². The summed E-state index contributed by atoms with van der Waals surface area (Å²) in [5.41, 5.74) is 0. The van der Waals surface area contributed by atoms with Gasteiger partial charge in [-0.15, -0.1) is 0 Å². The maximum atomic E-state index is 6.64. The predicted molar refractivity (Wildman–Crippen MR) is 126 cm³/mol. The maximum absolute atomic E-state index is 6.64. The normalized spacial score (nSPS) is 15.7. The van der Waals surface area contributed by atoms with Gasteiger partial charge in [0.05, 0.1) is 0 Å². The van der Waals surface area contributed by atoms with Gasteiger partial charge in [-0.2, -0.15) is 0 Å². The molecule has 1 rings (SSSR count). The molecule has 3 radical (unpaired) electrons. The topological polar surface area (TPSA) is 55.4 Å². The Kier molecular flexibility index (Phi) is 9.91. The van der Waals surface area contributed by atoms with Crippen molar-refractivity contribution in [3.8, 4) is 0 Å². The van der Waals surface area contributed by atoms with Crippen LogP contribution in [0, 0.1) is 0 Å². The van der Waals surface area contributed by atoms with Crippen LogP contribution < -0.4 is 5.19 Å². The third-order valence-corrected chi connectivity index (χ3v) is 21.9. The Morgan fingerprint density at radius 2 is 1.25 bits per heavy atom. The summed E-state index contributed by atoms with van der Waals surface area (Å²) in [5, 5.41) is 1.06. The standard InChI is InChI=1S/C16H35O6Si6/c1-17-23-18-28(10,16-14-12-11-13-15-16)22-27(8,9)21-26(6,7)20-25(4,5)19-24(2)3/h11-15H,1-10H3. The van der Waals surface area contributed by atoms with Gasteiger partial charge in [0.1, 0.15) is 0 Å². The summed E-state index contributed by atoms with van der Waals surface area (Å²) < 4.78 is 37.1. The Labute approximate surface area is 179 Å². The highest BCUT2D eigenvalue weighted by atomic mass is 28.5. The average molecular weight is 492 g/mol. The van der Waals surface area contributed by atoms with Crippen molar-refractivity contribution in [3.63, 3.8) is 0 Å². The zero-order valence-electron chi connectivity index (χ0n) is 18.8. The van der Waals surface area contributed by atoms with Gasteiger partial charge in [0.25, 0.3) is 0 Å². The lowest BCUT2D eigenvalue weighted by atomic mass is 10.4. The summed E-state index contributed by atoms with van der Waals surface area (Å²) in [5.74, 6) is 0. The monoisotopic (exact) mass is 491 g/mol. The SMILES string of the molecule is CO[Si]O[Si](C)(O[Si](C)(C)O[Si](C)(C)O[Si](C)(C)O[Si](C)C)c1ccccc1. The first-order chi connectivity index (χ1) is 12.7. The van der Waals surface area contributed by atoms with Crippen molar-refractivity contribution in [2.24, 2.45) is 0 Å². The number of benzene rings is 1. The van der Waals surface area contributed by atoms with Crippen LogP contribution in [0.15, 0.2) is 30.3 Å². The molecule has 0 fully saturated rings. The van der Waals surface area contributed by atoms with Gasteiger partial charge in [-0.3, -0.25) is 0 Å². The third kappa shape index (κ3) is 9.40. The predicted octanol–water partition coefficient (Wildman–Crippen LogP) is 3.59. The van der Waals surface area contributed by atoms with Crippen molar-refractivity contribution >= 4 is 58.5 Å². The molecule has 1 aromatic carbocycles. The molecule has 0 aliphatic rings. The lowest BCUT2D eigenvalue weighted by Crippen LogP contribution is -2.62. The van der Waals surface area contributed by atoms with Gasteiger partial charge in [-0.1, -0.05) is 30.3 Å². The van der Waals surface area contributed by atoms with E-state index in [4.69, 9.17) is 25.0 Å². The summed E-state index contributed by atoms with van der Waals surface area (Å²) in [6.45, 7) is 18.7. The minimum absolute atomic E-state index is 0.0724. The fraction of sp³-hybridized carbons (Fsp3) is 0.625. The Morgan fingerprint density at radius 3 is 1.75 bits per heavy atom. The maximum Gasteiger partial charge on any atom is 0.423 e. The first-order valence-corrected chi connectivity index (χ1v) is 23.3. The Bertz CT molecular complexity index is 601. The smallest absolute Gasteiger partial charge is 0.423 e. The van der Waals surface area contributed by atoms with E-state index in [-0.39, 0.29) is 10.0 Å². The van der Waals surface area contributed by atoms with Crippen molar-refractivity contribution in [1.29, 1.82) is 0 Å². The molecule has 0 aliphatic carbocycles. The van der Waals surface area contributed by atoms with E-state index in [1.165, 1.54) is 0 Å². The zero-order valence-corrected chi connectivity index (χ0v) is 24.8. The van der Waals surface area contributed by atoms with E-state index in [0.29, 0.717) is 0 Å². The second kappa shape index (κ2) is 10.5. The number of rotatable bonds is 12. The first kappa shape index (κ1) is 26.3. The molecule has 6 nitrogen and oxygen atoms in total. The molecule has 1 aromatic rings. The van der Waals surface area contributed by atoms with Crippen LogP contribution in [0.5, 0.6) is 0 Å². The molecule has 0 heterocycles. The molecule has 12 heteroatoms. The fourth-order valence-corrected chi connectivity index (χ4v) is 25.2. The van der Waals surface area contributed by atoms with Crippen LogP contribution in [0.25, 0.3) is 0 Å². The number of hydrogen-bond acceptors (Lipinski definition) is 6. The van der Waals surface area contributed by atoms with Crippen LogP contribution in [0.1, 0.15) is 0 Å². The molecular weight excluding hydrogens is 457 g/mol. The zero-order chi connectivity index (χ0) is 21.6. The van der Waals surface area contributed by atoms with E-state index in [2.05, 4.69) is 52.4 Å². The van der Waals surface area contributed by atoms with Gasteiger partial charge in [0.2, 0.25) is 0 Å². The molecule has 0 aromatic heterocycles. The summed E-state index contributed by atoms with van der Waals surface area (Å²) in [6.07, 6.45) is 0. The van der Waals surface area contributed by atoms with Crippen molar-refractivity contribution in [2.45, 2.75) is 58.9 Å². The van der Waals surface area contributed by atoms with Gasteiger partial charge in [-0.25, -0.2) is 0 Å². The largest absolute Gasteiger partial charge is 0.437 e. The molecule has 0 aliphatic heterocycles. The van der Waals surface area contributed by atoms with Crippen LogP contribution >= 0.6 is 0 Å². The molecule has 0 bridgehead atoms. The molecule has 0 saturated heterocycles. The molecule has 0 spiro atoms. The second-order valence-corrected chi connectivity index (χ2v) is 25.6. The minimum atomic E-state index is -2.69. The van der Waals surface area contributed by atoms with Crippen LogP contribution in [0.3, 0.4) is 0 Å². The third-order valence-electron chi connectivity index (χ3n) is 3.49. The van der Waals surface area contributed by atoms with Gasteiger partial charge < -0.3 is 25.0 Å². The molecule has 0 amide bonds. The molecule has 1 atom stereocenters. The van der Waals surface area contributed by atoms with Gasteiger partial charge in [0, 0.05) is 7.11 Å². The Balaban J connectivity index is 2.96. The quantitative estimate of drug-likeness (QED) is 0.417. The van der Waals surface area contributed by atoms with Crippen LogP contribution in [-0.2, 0) is 25.0 Å². The average Bonchev–Trinajstić information content (AvgIpc) is 2.49. The minimum Gasteiger partial charge on any atom is -0.437 e. The highest BCUT2D eigenvalue weighted by Crippen LogP contribution is 2.25. The van der Waals surface area contributed by atoms with E-state index < -0.39 is 43.3 Å². The highest BCUT2D eigenvalue weighted by Gasteiger charge is 2.47. The van der Waals surface area contributed by atoms with E-state index >= 15 is 0 Å². The summed E-state index contributed by atoms with van der Waals surface area (Å²) >= 11 is 0. The lowest BCUT2D eigenvalue weighted by molar-refractivity contribution is 0.277. The van der Waals surface area contributed by atoms with Gasteiger partial charge in [-0.05, 0) is 64.1 Å². The first-order valence-electron chi connectivity index (χ1n) is 9.31. The van der Waals surface area contributed by atoms with E-state index in [1.54, 1.807) is 7.11 Å². The van der Waals surface area contributed by atoms with Crippen molar-refractivity contribution < 1.29 is 25.0 Å². The molecular formula is C16H35O6Si6. The van der Waals surface area contributed by atoms with Crippen LogP contribution in [0.4, 0.5) is 0 Å². The van der Waals surface area contributed by atoms with Crippen molar-refractivity contribution in [2.75, 3.05) is 7.11 Å². The summed E-state index contributed by atoms with van der Waals surface area (Å²) in [7, 11) is -9.19. The summed E-state index contributed by atoms with van der Waals surface area (Å²) in [6, 6.07) is 10.1. The molecule has 0 saturated carbocycles. The molecule has 0 N–H and O–H groups in total. The van der Waals surface area contributed by atoms with Gasteiger partial charge >= 0.3 is 44.3 Å². The Hall–Kier alpha value is 0.281. The van der Waals surface area contributed by atoms with Crippen molar-refractivity contribution in [1.82, 2.24) is 0 Å². The highest BCUT2D eigenvalue weighted by molar-refractivity contribution is 6.92. The fourth-order valence-electron chi connectivity index (χ4n) is 3.21.